The fourth-order valence-corrected chi connectivity index (χ4v) is 4.37. The molecule has 0 fully saturated rings. The Labute approximate surface area is 171 Å². The highest BCUT2D eigenvalue weighted by Gasteiger charge is 2.30. The van der Waals surface area contributed by atoms with Crippen LogP contribution < -0.4 is 4.72 Å². The number of nitrogens with one attached hydrogen (secondary N) is 1. The van der Waals surface area contributed by atoms with Crippen molar-refractivity contribution in [3.8, 4) is 0 Å². The molecule has 3 aromatic rings. The van der Waals surface area contributed by atoms with E-state index >= 15 is 0 Å². The van der Waals surface area contributed by atoms with E-state index < -0.39 is 15.4 Å². The van der Waals surface area contributed by atoms with E-state index in [1.807, 2.05) is 51.1 Å². The summed E-state index contributed by atoms with van der Waals surface area (Å²) in [6.45, 7) is 7.75. The zero-order chi connectivity index (χ0) is 21.2. The zero-order valence-corrected chi connectivity index (χ0v) is 17.8. The number of Topliss-reactive ketones (excluding diaryl/α,β-unsaturated/α-hetero) is 1. The number of hydrogen-bond acceptors (Lipinski definition) is 4. The lowest BCUT2D eigenvalue weighted by molar-refractivity contribution is 0.101. The molecule has 0 saturated carbocycles. The van der Waals surface area contributed by atoms with Gasteiger partial charge in [-0.2, -0.15) is 5.10 Å². The molecule has 0 unspecified atom stereocenters. The van der Waals surface area contributed by atoms with Gasteiger partial charge in [-0.3, -0.25) is 14.2 Å². The Balaban J connectivity index is 1.95. The molecule has 1 aromatic heterocycles. The number of aromatic nitrogens is 2. The summed E-state index contributed by atoms with van der Waals surface area (Å²) in [4.78, 5) is 11.6. The highest BCUT2D eigenvalue weighted by atomic mass is 32.2. The molecule has 0 saturated heterocycles. The van der Waals surface area contributed by atoms with Crippen LogP contribution in [0.25, 0.3) is 0 Å². The van der Waals surface area contributed by atoms with Crippen LogP contribution in [0.2, 0.25) is 0 Å². The number of anilines is 1. The number of hydrogen-bond donors (Lipinski definition) is 1. The van der Waals surface area contributed by atoms with Gasteiger partial charge in [-0.05, 0) is 36.8 Å². The summed E-state index contributed by atoms with van der Waals surface area (Å²) in [5.41, 5.74) is 2.00. The molecule has 0 atom stereocenters. The van der Waals surface area contributed by atoms with Gasteiger partial charge in [-0.25, -0.2) is 8.42 Å². The fourth-order valence-electron chi connectivity index (χ4n) is 2.95. The molecule has 6 nitrogen and oxygen atoms in total. The number of carbonyl (C=O) groups is 1. The van der Waals surface area contributed by atoms with Crippen molar-refractivity contribution in [2.45, 2.75) is 44.6 Å². The summed E-state index contributed by atoms with van der Waals surface area (Å²) in [7, 11) is -3.85. The van der Waals surface area contributed by atoms with E-state index in [1.54, 1.807) is 35.1 Å². The lowest BCUT2D eigenvalue weighted by Gasteiger charge is -2.18. The zero-order valence-electron chi connectivity index (χ0n) is 17.0. The normalized spacial score (nSPS) is 12.0. The average Bonchev–Trinajstić information content (AvgIpc) is 3.08. The number of benzene rings is 2. The minimum Gasteiger partial charge on any atom is -0.295 e. The summed E-state index contributed by atoms with van der Waals surface area (Å²) in [5.74, 6) is -0.0726. The molecule has 0 aliphatic rings. The molecule has 2 aromatic carbocycles. The Bertz CT molecular complexity index is 1110. The van der Waals surface area contributed by atoms with Gasteiger partial charge in [0.2, 0.25) is 0 Å². The Morgan fingerprint density at radius 2 is 1.66 bits per heavy atom. The van der Waals surface area contributed by atoms with Crippen LogP contribution in [0.1, 0.15) is 49.3 Å². The molecule has 0 aliphatic carbocycles. The van der Waals surface area contributed by atoms with Gasteiger partial charge in [0.05, 0.1) is 12.2 Å². The molecule has 0 radical (unpaired) electrons. The van der Waals surface area contributed by atoms with Crippen molar-refractivity contribution in [3.63, 3.8) is 0 Å². The SMILES string of the molecule is CC(=O)c1ccc(NS(=O)(=O)c2cn(Cc3ccccc3)nc2C(C)(C)C)cc1. The van der Waals surface area contributed by atoms with Crippen molar-refractivity contribution in [3.05, 3.63) is 77.6 Å². The van der Waals surface area contributed by atoms with Gasteiger partial charge in [0.15, 0.2) is 5.78 Å². The smallest absolute Gasteiger partial charge is 0.265 e. The Kier molecular flexibility index (Phi) is 5.61. The number of carbonyl (C=O) groups excluding carboxylic acids is 1. The van der Waals surface area contributed by atoms with Crippen LogP contribution in [0.5, 0.6) is 0 Å². The van der Waals surface area contributed by atoms with Crippen LogP contribution in [0.3, 0.4) is 0 Å². The summed E-state index contributed by atoms with van der Waals surface area (Å²) in [5, 5.41) is 4.57. The van der Waals surface area contributed by atoms with E-state index in [4.69, 9.17) is 0 Å². The summed E-state index contributed by atoms with van der Waals surface area (Å²) >= 11 is 0. The lowest BCUT2D eigenvalue weighted by Crippen LogP contribution is -2.20. The molecule has 29 heavy (non-hydrogen) atoms. The summed E-state index contributed by atoms with van der Waals surface area (Å²) in [6, 6.07) is 16.1. The van der Waals surface area contributed by atoms with E-state index in [0.29, 0.717) is 23.5 Å². The van der Waals surface area contributed by atoms with Crippen molar-refractivity contribution in [2.24, 2.45) is 0 Å². The molecule has 1 heterocycles. The van der Waals surface area contributed by atoms with Crippen molar-refractivity contribution in [1.82, 2.24) is 9.78 Å². The van der Waals surface area contributed by atoms with Gasteiger partial charge in [0, 0.05) is 22.9 Å². The minimum absolute atomic E-state index is 0.0726. The molecule has 1 N–H and O–H groups in total. The number of rotatable bonds is 6. The van der Waals surface area contributed by atoms with Gasteiger partial charge in [0.1, 0.15) is 4.90 Å². The first-order valence-corrected chi connectivity index (χ1v) is 10.8. The van der Waals surface area contributed by atoms with Crippen LogP contribution in [0, 0.1) is 0 Å². The van der Waals surface area contributed by atoms with E-state index in [1.165, 1.54) is 6.92 Å². The largest absolute Gasteiger partial charge is 0.295 e. The van der Waals surface area contributed by atoms with Crippen molar-refractivity contribution < 1.29 is 13.2 Å². The first-order chi connectivity index (χ1) is 13.6. The van der Waals surface area contributed by atoms with Crippen LogP contribution in [-0.2, 0) is 22.0 Å². The fraction of sp³-hybridized carbons (Fsp3) is 0.273. The van der Waals surface area contributed by atoms with Gasteiger partial charge < -0.3 is 0 Å². The predicted molar refractivity (Wildman–Crippen MR) is 114 cm³/mol. The van der Waals surface area contributed by atoms with Gasteiger partial charge in [-0.1, -0.05) is 51.1 Å². The second kappa shape index (κ2) is 7.83. The van der Waals surface area contributed by atoms with E-state index in [0.717, 1.165) is 5.56 Å². The second-order valence-corrected chi connectivity index (χ2v) is 9.66. The number of sulfonamides is 1. The van der Waals surface area contributed by atoms with Crippen LogP contribution in [0.4, 0.5) is 5.69 Å². The third-order valence-electron chi connectivity index (χ3n) is 4.46. The van der Waals surface area contributed by atoms with Gasteiger partial charge in [-0.15, -0.1) is 0 Å². The molecule has 3 rings (SSSR count). The molecule has 0 aliphatic heterocycles. The van der Waals surface area contributed by atoms with Crippen molar-refractivity contribution in [1.29, 1.82) is 0 Å². The third kappa shape index (κ3) is 4.92. The van der Waals surface area contributed by atoms with Crippen LogP contribution in [0.15, 0.2) is 65.7 Å². The van der Waals surface area contributed by atoms with Crippen molar-refractivity contribution >= 4 is 21.5 Å². The quantitative estimate of drug-likeness (QED) is 0.616. The average molecular weight is 412 g/mol. The van der Waals surface area contributed by atoms with E-state index in [2.05, 4.69) is 9.82 Å². The van der Waals surface area contributed by atoms with E-state index in [9.17, 15) is 13.2 Å². The highest BCUT2D eigenvalue weighted by molar-refractivity contribution is 7.92. The monoisotopic (exact) mass is 411 g/mol. The first-order valence-electron chi connectivity index (χ1n) is 9.32. The molecule has 0 amide bonds. The van der Waals surface area contributed by atoms with Crippen molar-refractivity contribution in [2.75, 3.05) is 4.72 Å². The minimum atomic E-state index is -3.85. The van der Waals surface area contributed by atoms with Crippen LogP contribution >= 0.6 is 0 Å². The van der Waals surface area contributed by atoms with Gasteiger partial charge >= 0.3 is 0 Å². The van der Waals surface area contributed by atoms with Gasteiger partial charge in [0.25, 0.3) is 10.0 Å². The molecule has 0 spiro atoms. The number of nitrogens with zero attached hydrogens (tertiary/aromatic N) is 2. The van der Waals surface area contributed by atoms with Crippen LogP contribution in [-0.4, -0.2) is 24.0 Å². The Morgan fingerprint density at radius 3 is 2.21 bits per heavy atom. The topological polar surface area (TPSA) is 81.1 Å². The Morgan fingerprint density at radius 1 is 1.03 bits per heavy atom. The maximum Gasteiger partial charge on any atom is 0.265 e. The summed E-state index contributed by atoms with van der Waals surface area (Å²) in [6.07, 6.45) is 1.57. The third-order valence-corrected chi connectivity index (χ3v) is 5.84. The lowest BCUT2D eigenvalue weighted by atomic mass is 9.92. The maximum absolute atomic E-state index is 13.1. The first kappa shape index (κ1) is 20.8. The summed E-state index contributed by atoms with van der Waals surface area (Å²) < 4.78 is 30.5. The highest BCUT2D eigenvalue weighted by Crippen LogP contribution is 2.29. The standard InChI is InChI=1S/C22H25N3O3S/c1-16(26)18-10-12-19(13-11-18)24-29(27,28)20-15-25(23-21(20)22(2,3)4)14-17-8-6-5-7-9-17/h5-13,15,24H,14H2,1-4H3. The Hall–Kier alpha value is -2.93. The molecular weight excluding hydrogens is 386 g/mol. The second-order valence-electron chi connectivity index (χ2n) is 8.01. The molecule has 0 bridgehead atoms. The maximum atomic E-state index is 13.1. The van der Waals surface area contributed by atoms with E-state index in [-0.39, 0.29) is 10.7 Å². The molecular formula is C22H25N3O3S. The molecule has 7 heteroatoms. The predicted octanol–water partition coefficient (Wildman–Crippen LogP) is 4.23. The number of ketones is 1. The molecule has 152 valence electrons.